The number of imidazole rings is 1. The number of rotatable bonds is 3. The van der Waals surface area contributed by atoms with E-state index in [2.05, 4.69) is 20.6 Å². The Morgan fingerprint density at radius 2 is 2.13 bits per heavy atom. The van der Waals surface area contributed by atoms with Gasteiger partial charge in [0.25, 0.3) is 0 Å². The third kappa shape index (κ3) is 3.61. The molecule has 30 heavy (non-hydrogen) atoms. The van der Waals surface area contributed by atoms with Crippen LogP contribution in [0.2, 0.25) is 0 Å². The van der Waals surface area contributed by atoms with E-state index >= 15 is 0 Å². The second-order valence-electron chi connectivity index (χ2n) is 7.57. The number of fused-ring (bicyclic) bond motifs is 1. The summed E-state index contributed by atoms with van der Waals surface area (Å²) in [5.41, 5.74) is 2.27. The van der Waals surface area contributed by atoms with Gasteiger partial charge in [0.05, 0.1) is 36.8 Å². The normalized spacial score (nSPS) is 19.4. The number of likely N-dealkylation sites (tertiary alicyclic amines) is 1. The number of nitrogens with one attached hydrogen (secondary N) is 2. The maximum absolute atomic E-state index is 14.6. The summed E-state index contributed by atoms with van der Waals surface area (Å²) in [7, 11) is 0. The maximum atomic E-state index is 14.6. The lowest BCUT2D eigenvalue weighted by molar-refractivity contribution is 0.0753. The minimum absolute atomic E-state index is 0.0438. The van der Waals surface area contributed by atoms with Crippen molar-refractivity contribution in [3.63, 3.8) is 0 Å². The van der Waals surface area contributed by atoms with Crippen LogP contribution in [0.3, 0.4) is 0 Å². The number of amides is 2. The van der Waals surface area contributed by atoms with E-state index in [1.807, 2.05) is 10.6 Å². The minimum Gasteiger partial charge on any atom is -0.378 e. The molecule has 0 spiro atoms. The van der Waals surface area contributed by atoms with Crippen LogP contribution < -0.4 is 10.6 Å². The Hall–Kier alpha value is -3.04. The van der Waals surface area contributed by atoms with E-state index in [0.29, 0.717) is 35.9 Å². The van der Waals surface area contributed by atoms with Gasteiger partial charge in [0.2, 0.25) is 5.78 Å². The zero-order chi connectivity index (χ0) is 20.5. The van der Waals surface area contributed by atoms with Crippen molar-refractivity contribution in [1.82, 2.24) is 24.6 Å². The lowest BCUT2D eigenvalue weighted by atomic mass is 10.1. The molecule has 1 aromatic carbocycles. The molecule has 0 aliphatic carbocycles. The first-order chi connectivity index (χ1) is 14.7. The molecular formula is C21H23FN6O2. The van der Waals surface area contributed by atoms with Gasteiger partial charge in [0, 0.05) is 37.1 Å². The summed E-state index contributed by atoms with van der Waals surface area (Å²) in [6.45, 7) is 3.55. The summed E-state index contributed by atoms with van der Waals surface area (Å²) in [6, 6.07) is 6.17. The number of morpholine rings is 1. The lowest BCUT2D eigenvalue weighted by Gasteiger charge is -2.23. The number of hydrogen-bond donors (Lipinski definition) is 2. The fourth-order valence-electron chi connectivity index (χ4n) is 3.97. The Morgan fingerprint density at radius 3 is 2.93 bits per heavy atom. The van der Waals surface area contributed by atoms with Gasteiger partial charge < -0.3 is 20.3 Å². The number of ether oxygens (including phenoxy) is 1. The van der Waals surface area contributed by atoms with Crippen LogP contribution in [0.15, 0.2) is 36.7 Å². The first-order valence-corrected chi connectivity index (χ1v) is 10.2. The predicted octanol–water partition coefficient (Wildman–Crippen LogP) is 2.82. The quantitative estimate of drug-likeness (QED) is 0.694. The van der Waals surface area contributed by atoms with Crippen molar-refractivity contribution in [1.29, 1.82) is 0 Å². The van der Waals surface area contributed by atoms with Crippen LogP contribution in [-0.2, 0) is 4.74 Å². The first kappa shape index (κ1) is 19.0. The summed E-state index contributed by atoms with van der Waals surface area (Å²) in [5, 5.41) is 6.26. The van der Waals surface area contributed by atoms with Crippen LogP contribution in [0.4, 0.5) is 14.9 Å². The molecule has 0 radical (unpaired) electrons. The highest BCUT2D eigenvalue weighted by molar-refractivity contribution is 5.90. The van der Waals surface area contributed by atoms with Gasteiger partial charge in [-0.3, -0.25) is 4.40 Å². The Balaban J connectivity index is 1.42. The number of nitrogens with zero attached hydrogens (tertiary/aromatic N) is 4. The number of carbonyl (C=O) groups excluding carboxylic acids is 1. The van der Waals surface area contributed by atoms with E-state index < -0.39 is 5.82 Å². The third-order valence-electron chi connectivity index (χ3n) is 5.57. The number of halogens is 1. The van der Waals surface area contributed by atoms with Gasteiger partial charge in [-0.25, -0.2) is 19.2 Å². The molecule has 2 N–H and O–H groups in total. The molecule has 2 aliphatic heterocycles. The van der Waals surface area contributed by atoms with Gasteiger partial charge in [0.1, 0.15) is 5.82 Å². The van der Waals surface area contributed by atoms with Gasteiger partial charge in [-0.05, 0) is 37.1 Å². The van der Waals surface area contributed by atoms with Crippen molar-refractivity contribution in [3.8, 4) is 11.3 Å². The second-order valence-corrected chi connectivity index (χ2v) is 7.57. The van der Waals surface area contributed by atoms with Crippen molar-refractivity contribution in [2.75, 3.05) is 38.2 Å². The highest BCUT2D eigenvalue weighted by Gasteiger charge is 2.21. The molecule has 1 unspecified atom stereocenters. The molecule has 1 atom stereocenters. The minimum atomic E-state index is -0.403. The van der Waals surface area contributed by atoms with Crippen molar-refractivity contribution < 1.29 is 13.9 Å². The lowest BCUT2D eigenvalue weighted by Crippen LogP contribution is -2.35. The summed E-state index contributed by atoms with van der Waals surface area (Å²) in [6.07, 6.45) is 5.63. The van der Waals surface area contributed by atoms with Crippen LogP contribution in [-0.4, -0.2) is 58.1 Å². The summed E-state index contributed by atoms with van der Waals surface area (Å²) >= 11 is 0. The molecule has 5 rings (SSSR count). The Morgan fingerprint density at radius 1 is 1.27 bits per heavy atom. The van der Waals surface area contributed by atoms with Crippen molar-refractivity contribution in [2.24, 2.45) is 0 Å². The number of hydrogen-bond acceptors (Lipinski definition) is 5. The zero-order valence-electron chi connectivity index (χ0n) is 16.5. The van der Waals surface area contributed by atoms with E-state index in [0.717, 1.165) is 38.2 Å². The standard InChI is InChI=1S/C21H23FN6O2/c22-16-4-3-14(25-21(29)27-7-1-2-8-27)11-15(16)17-5-9-28-19(12-24-20(28)26-17)18-13-30-10-6-23-18/h3-5,9,11-12,18,23H,1-2,6-8,10,13H2,(H,25,29). The van der Waals surface area contributed by atoms with Gasteiger partial charge >= 0.3 is 6.03 Å². The molecule has 8 nitrogen and oxygen atoms in total. The van der Waals surface area contributed by atoms with E-state index in [9.17, 15) is 9.18 Å². The Labute approximate surface area is 173 Å². The molecular weight excluding hydrogens is 387 g/mol. The summed E-state index contributed by atoms with van der Waals surface area (Å²) < 4.78 is 22.0. The van der Waals surface area contributed by atoms with E-state index in [-0.39, 0.29) is 12.1 Å². The van der Waals surface area contributed by atoms with Gasteiger partial charge in [-0.1, -0.05) is 0 Å². The van der Waals surface area contributed by atoms with Crippen molar-refractivity contribution in [2.45, 2.75) is 18.9 Å². The monoisotopic (exact) mass is 410 g/mol. The molecule has 2 aliphatic rings. The number of anilines is 1. The number of aromatic nitrogens is 3. The average molecular weight is 410 g/mol. The highest BCUT2D eigenvalue weighted by Crippen LogP contribution is 2.26. The molecule has 2 amide bonds. The number of benzene rings is 1. The van der Waals surface area contributed by atoms with Crippen LogP contribution in [0, 0.1) is 5.82 Å². The summed E-state index contributed by atoms with van der Waals surface area (Å²) in [5.74, 6) is 0.0842. The molecule has 9 heteroatoms. The van der Waals surface area contributed by atoms with Crippen molar-refractivity contribution in [3.05, 3.63) is 48.2 Å². The Bertz CT molecular complexity index is 1070. The van der Waals surface area contributed by atoms with Crippen LogP contribution in [0.25, 0.3) is 17.0 Å². The maximum Gasteiger partial charge on any atom is 0.321 e. The molecule has 2 aromatic heterocycles. The van der Waals surface area contributed by atoms with Crippen LogP contribution in [0.5, 0.6) is 0 Å². The number of urea groups is 1. The van der Waals surface area contributed by atoms with Crippen LogP contribution in [0.1, 0.15) is 24.6 Å². The Kier molecular flexibility index (Phi) is 5.06. The fourth-order valence-corrected chi connectivity index (χ4v) is 3.97. The average Bonchev–Trinajstić information content (AvgIpc) is 3.45. The molecule has 156 valence electrons. The highest BCUT2D eigenvalue weighted by atomic mass is 19.1. The molecule has 0 saturated carbocycles. The zero-order valence-corrected chi connectivity index (χ0v) is 16.5. The largest absolute Gasteiger partial charge is 0.378 e. The van der Waals surface area contributed by atoms with Gasteiger partial charge in [-0.2, -0.15) is 0 Å². The van der Waals surface area contributed by atoms with E-state index in [1.54, 1.807) is 29.3 Å². The van der Waals surface area contributed by atoms with Gasteiger partial charge in [0.15, 0.2) is 0 Å². The third-order valence-corrected chi connectivity index (χ3v) is 5.57. The molecule has 3 aromatic rings. The summed E-state index contributed by atoms with van der Waals surface area (Å²) in [4.78, 5) is 23.0. The predicted molar refractivity (Wildman–Crippen MR) is 110 cm³/mol. The fraction of sp³-hybridized carbons (Fsp3) is 0.381. The molecule has 4 heterocycles. The molecule has 2 fully saturated rings. The SMILES string of the molecule is O=C(Nc1ccc(F)c(-c2ccn3c(C4COCCN4)cnc3n2)c1)N1CCCC1. The van der Waals surface area contributed by atoms with Crippen molar-refractivity contribution >= 4 is 17.5 Å². The second kappa shape index (κ2) is 8.00. The molecule has 2 saturated heterocycles. The smallest absolute Gasteiger partial charge is 0.321 e. The topological polar surface area (TPSA) is 83.8 Å². The van der Waals surface area contributed by atoms with Crippen LogP contribution >= 0.6 is 0 Å². The molecule has 0 bridgehead atoms. The van der Waals surface area contributed by atoms with Gasteiger partial charge in [-0.15, -0.1) is 0 Å². The van der Waals surface area contributed by atoms with E-state index in [1.165, 1.54) is 6.07 Å². The number of carbonyl (C=O) groups is 1. The first-order valence-electron chi connectivity index (χ1n) is 10.2. The van der Waals surface area contributed by atoms with E-state index in [4.69, 9.17) is 4.74 Å².